The second-order valence-corrected chi connectivity index (χ2v) is 8.48. The van der Waals surface area contributed by atoms with Crippen molar-refractivity contribution in [3.63, 3.8) is 0 Å². The number of fused-ring (bicyclic) bond motifs is 2. The van der Waals surface area contributed by atoms with Crippen molar-refractivity contribution in [1.82, 2.24) is 10.2 Å². The van der Waals surface area contributed by atoms with Gasteiger partial charge < -0.3 is 19.9 Å². The summed E-state index contributed by atoms with van der Waals surface area (Å²) in [5, 5.41) is 2.91. The average molecular weight is 391 g/mol. The maximum Gasteiger partial charge on any atom is 0.318 e. The van der Waals surface area contributed by atoms with Gasteiger partial charge in [0.25, 0.3) is 5.91 Å². The van der Waals surface area contributed by atoms with Gasteiger partial charge in [0.1, 0.15) is 18.4 Å². The van der Waals surface area contributed by atoms with Gasteiger partial charge in [-0.1, -0.05) is 42.0 Å². The van der Waals surface area contributed by atoms with Crippen LogP contribution in [0.25, 0.3) is 0 Å². The number of urea groups is 1. The third-order valence-electron chi connectivity index (χ3n) is 6.62. The van der Waals surface area contributed by atoms with Crippen LogP contribution in [0.5, 0.6) is 5.75 Å². The van der Waals surface area contributed by atoms with Crippen molar-refractivity contribution in [2.45, 2.75) is 24.8 Å². The quantitative estimate of drug-likeness (QED) is 0.856. The highest BCUT2D eigenvalue weighted by Crippen LogP contribution is 2.58. The Kier molecular flexibility index (Phi) is 4.05. The molecule has 1 N–H and O–H groups in total. The van der Waals surface area contributed by atoms with Crippen molar-refractivity contribution in [3.05, 3.63) is 59.7 Å². The monoisotopic (exact) mass is 391 g/mol. The molecule has 3 aliphatic rings. The maximum absolute atomic E-state index is 12.9. The van der Waals surface area contributed by atoms with Gasteiger partial charge in [0.05, 0.1) is 5.69 Å². The van der Waals surface area contributed by atoms with Crippen LogP contribution in [0.3, 0.4) is 0 Å². The number of amides is 3. The van der Waals surface area contributed by atoms with Crippen molar-refractivity contribution >= 4 is 17.6 Å². The Morgan fingerprint density at radius 3 is 2.72 bits per heavy atom. The number of piperidine rings is 1. The van der Waals surface area contributed by atoms with Crippen LogP contribution < -0.4 is 15.0 Å². The summed E-state index contributed by atoms with van der Waals surface area (Å²) >= 11 is 0. The predicted molar refractivity (Wildman–Crippen MR) is 110 cm³/mol. The number of nitrogens with zero attached hydrogens (tertiary/aromatic N) is 2. The molecule has 6 heteroatoms. The molecule has 3 amide bonds. The van der Waals surface area contributed by atoms with Crippen LogP contribution in [0.2, 0.25) is 0 Å². The lowest BCUT2D eigenvalue weighted by Crippen LogP contribution is -2.53. The molecule has 1 saturated heterocycles. The number of ether oxygens (including phenoxy) is 1. The second-order valence-electron chi connectivity index (χ2n) is 8.48. The van der Waals surface area contributed by atoms with Crippen LogP contribution in [0.4, 0.5) is 10.5 Å². The zero-order valence-electron chi connectivity index (χ0n) is 16.7. The average Bonchev–Trinajstić information content (AvgIpc) is 3.33. The fourth-order valence-electron chi connectivity index (χ4n) is 4.77. The highest BCUT2D eigenvalue weighted by atomic mass is 16.5. The van der Waals surface area contributed by atoms with Gasteiger partial charge in [-0.25, -0.2) is 4.79 Å². The Hall–Kier alpha value is -3.02. The van der Waals surface area contributed by atoms with Gasteiger partial charge in [-0.15, -0.1) is 0 Å². The Bertz CT molecular complexity index is 974. The highest BCUT2D eigenvalue weighted by Gasteiger charge is 2.61. The summed E-state index contributed by atoms with van der Waals surface area (Å²) in [5.74, 6) is 0.991. The smallest absolute Gasteiger partial charge is 0.318 e. The fraction of sp³-hybridized carbons (Fsp3) is 0.391. The topological polar surface area (TPSA) is 61.9 Å². The molecule has 2 aliphatic heterocycles. The minimum atomic E-state index is -0.702. The van der Waals surface area contributed by atoms with Crippen molar-refractivity contribution in [3.8, 4) is 5.75 Å². The first-order valence-electron chi connectivity index (χ1n) is 10.1. The van der Waals surface area contributed by atoms with Gasteiger partial charge in [0.2, 0.25) is 0 Å². The summed E-state index contributed by atoms with van der Waals surface area (Å²) in [4.78, 5) is 29.2. The lowest BCUT2D eigenvalue weighted by atomic mass is 9.94. The molecule has 5 rings (SSSR count). The largest absolute Gasteiger partial charge is 0.489 e. The molecule has 2 aromatic rings. The van der Waals surface area contributed by atoms with Crippen molar-refractivity contribution < 1.29 is 14.3 Å². The second kappa shape index (κ2) is 6.51. The zero-order valence-corrected chi connectivity index (χ0v) is 16.7. The number of carbonyl (C=O) groups excluding carboxylic acids is 2. The molecule has 6 nitrogen and oxygen atoms in total. The molecule has 0 unspecified atom stereocenters. The van der Waals surface area contributed by atoms with Crippen LogP contribution in [-0.4, -0.2) is 49.6 Å². The molecule has 1 saturated carbocycles. The molecular formula is C23H25N3O3. The van der Waals surface area contributed by atoms with E-state index in [0.717, 1.165) is 18.7 Å². The standard InChI is InChI=1S/C23H25N3O3/c1-15-7-9-16(10-8-15)23-11-17(23)12-26(14-23)22(28)24-18-13-29-20-6-4-3-5-19(20)25(2)21(18)27/h3-10,17-18H,11-14H2,1-2H3,(H,24,28)/t17-,18-,23+/m0/s1. The molecule has 2 aromatic carbocycles. The van der Waals surface area contributed by atoms with E-state index in [-0.39, 0.29) is 24.0 Å². The Labute approximate surface area is 170 Å². The van der Waals surface area contributed by atoms with Crippen molar-refractivity contribution in [2.24, 2.45) is 5.92 Å². The molecule has 0 spiro atoms. The van der Waals surface area contributed by atoms with E-state index in [1.165, 1.54) is 11.1 Å². The summed E-state index contributed by atoms with van der Waals surface area (Å²) in [6.45, 7) is 3.65. The Balaban J connectivity index is 1.27. The summed E-state index contributed by atoms with van der Waals surface area (Å²) in [6, 6.07) is 15.2. The number of nitrogens with one attached hydrogen (secondary N) is 1. The summed E-state index contributed by atoms with van der Waals surface area (Å²) < 4.78 is 5.80. The first-order valence-corrected chi connectivity index (χ1v) is 10.1. The van der Waals surface area contributed by atoms with E-state index in [0.29, 0.717) is 18.2 Å². The number of rotatable bonds is 2. The number of anilines is 1. The highest BCUT2D eigenvalue weighted by molar-refractivity contribution is 6.00. The van der Waals surface area contributed by atoms with E-state index >= 15 is 0 Å². The third kappa shape index (κ3) is 2.94. The van der Waals surface area contributed by atoms with Crippen LogP contribution in [0, 0.1) is 12.8 Å². The minimum absolute atomic E-state index is 0.0853. The lowest BCUT2D eigenvalue weighted by molar-refractivity contribution is -0.120. The molecule has 29 heavy (non-hydrogen) atoms. The SMILES string of the molecule is Cc1ccc([C@]23C[C@H]2CN(C(=O)N[C@H]2COc4ccccc4N(C)C2=O)C3)cc1. The number of benzene rings is 2. The van der Waals surface area contributed by atoms with E-state index in [2.05, 4.69) is 36.5 Å². The van der Waals surface area contributed by atoms with Crippen LogP contribution in [0.15, 0.2) is 48.5 Å². The van der Waals surface area contributed by atoms with Gasteiger partial charge in [-0.05, 0) is 37.0 Å². The van der Waals surface area contributed by atoms with Crippen LogP contribution in [-0.2, 0) is 10.2 Å². The molecule has 2 heterocycles. The molecule has 3 atom stereocenters. The first-order chi connectivity index (χ1) is 14.0. The van der Waals surface area contributed by atoms with Crippen LogP contribution >= 0.6 is 0 Å². The van der Waals surface area contributed by atoms with E-state index in [4.69, 9.17) is 4.74 Å². The molecular weight excluding hydrogens is 366 g/mol. The van der Waals surface area contributed by atoms with E-state index in [1.807, 2.05) is 29.2 Å². The maximum atomic E-state index is 12.9. The summed E-state index contributed by atoms with van der Waals surface area (Å²) in [5.41, 5.74) is 3.36. The number of aryl methyl sites for hydroxylation is 1. The van der Waals surface area contributed by atoms with E-state index in [9.17, 15) is 9.59 Å². The number of hydrogen-bond donors (Lipinski definition) is 1. The number of carbonyl (C=O) groups is 2. The first kappa shape index (κ1) is 18.0. The number of hydrogen-bond acceptors (Lipinski definition) is 3. The fourth-order valence-corrected chi connectivity index (χ4v) is 4.77. The molecule has 0 radical (unpaired) electrons. The predicted octanol–water partition coefficient (Wildman–Crippen LogP) is 2.70. The number of para-hydroxylation sites is 2. The molecule has 150 valence electrons. The summed E-state index contributed by atoms with van der Waals surface area (Å²) in [6.07, 6.45) is 1.13. The Morgan fingerprint density at radius 1 is 1.17 bits per heavy atom. The lowest BCUT2D eigenvalue weighted by Gasteiger charge is -2.25. The van der Waals surface area contributed by atoms with Gasteiger partial charge in [0.15, 0.2) is 0 Å². The van der Waals surface area contributed by atoms with Gasteiger partial charge in [-0.3, -0.25) is 4.79 Å². The van der Waals surface area contributed by atoms with Gasteiger partial charge >= 0.3 is 6.03 Å². The van der Waals surface area contributed by atoms with Gasteiger partial charge in [-0.2, -0.15) is 0 Å². The molecule has 0 bridgehead atoms. The van der Waals surface area contributed by atoms with Crippen LogP contribution in [0.1, 0.15) is 17.5 Å². The van der Waals surface area contributed by atoms with Gasteiger partial charge in [0, 0.05) is 25.6 Å². The molecule has 1 aliphatic carbocycles. The molecule has 0 aromatic heterocycles. The normalized spacial score (nSPS) is 27.6. The van der Waals surface area contributed by atoms with E-state index in [1.54, 1.807) is 11.9 Å². The Morgan fingerprint density at radius 2 is 1.93 bits per heavy atom. The van der Waals surface area contributed by atoms with Crippen molar-refractivity contribution in [1.29, 1.82) is 0 Å². The summed E-state index contributed by atoms with van der Waals surface area (Å²) in [7, 11) is 1.71. The number of likely N-dealkylation sites (tertiary alicyclic amines) is 1. The van der Waals surface area contributed by atoms with E-state index < -0.39 is 6.04 Å². The molecule has 2 fully saturated rings. The third-order valence-corrected chi connectivity index (χ3v) is 6.62. The zero-order chi connectivity index (χ0) is 20.2. The number of likely N-dealkylation sites (N-methyl/N-ethyl adjacent to an activating group) is 1. The minimum Gasteiger partial charge on any atom is -0.489 e. The van der Waals surface area contributed by atoms with Crippen molar-refractivity contribution in [2.75, 3.05) is 31.6 Å².